The molecule has 0 amide bonds. The third-order valence-electron chi connectivity index (χ3n) is 0. The Balaban J connectivity index is -0.00000000508. The summed E-state index contributed by atoms with van der Waals surface area (Å²) in [7, 11) is -10.8. The molecule has 0 atom stereocenters. The van der Waals surface area contributed by atoms with Crippen molar-refractivity contribution in [1.82, 2.24) is 0 Å². The summed E-state index contributed by atoms with van der Waals surface area (Å²) in [5.74, 6) is 0. The van der Waals surface area contributed by atoms with Gasteiger partial charge >= 0.3 is 271 Å². The molecule has 0 heterocycles. The average Bonchev–Trinajstić information content (AvgIpc) is 1.12. The van der Waals surface area contributed by atoms with Crippen LogP contribution in [0.1, 0.15) is 0 Å². The van der Waals surface area contributed by atoms with Crippen molar-refractivity contribution in [3.63, 3.8) is 0 Å². The summed E-state index contributed by atoms with van der Waals surface area (Å²) >= 11 is 0. The van der Waals surface area contributed by atoms with E-state index in [1.807, 2.05) is 0 Å². The van der Waals surface area contributed by atoms with Crippen LogP contribution in [0.2, 0.25) is 0 Å². The first-order chi connectivity index (χ1) is 4.00. The molecule has 82 valence electrons. The maximum absolute atomic E-state index is 8.55. The molecular formula is H9Ca3Mg3Na3O8P2. The molecule has 0 spiro atoms. The summed E-state index contributed by atoms with van der Waals surface area (Å²) < 4.78 is 17.1. The fourth-order valence-electron chi connectivity index (χ4n) is 0. The van der Waals surface area contributed by atoms with Crippen molar-refractivity contribution < 1.29 is 38.5 Å². The third kappa shape index (κ3) is 202. The first-order valence-electron chi connectivity index (χ1n) is 1.46. The van der Waals surface area contributed by atoms with Crippen molar-refractivity contribution in [1.29, 1.82) is 0 Å². The molecule has 0 aromatic carbocycles. The molecule has 19 heteroatoms. The van der Waals surface area contributed by atoms with E-state index in [1.54, 1.807) is 0 Å². The second-order valence-electron chi connectivity index (χ2n) is 0.894. The van der Waals surface area contributed by atoms with E-state index in [0.717, 1.165) is 0 Å². The van der Waals surface area contributed by atoms with Gasteiger partial charge in [-0.2, -0.15) is 15.6 Å². The topological polar surface area (TPSA) is 172 Å². The van der Waals surface area contributed by atoms with Crippen LogP contribution in [-0.4, -0.2) is 271 Å². The first kappa shape index (κ1) is 70.5. The van der Waals surface area contributed by atoms with E-state index in [-0.39, 0.29) is 271 Å². The first-order valence-corrected chi connectivity index (χ1v) is 4.38. The molecule has 0 rings (SSSR count). The van der Waals surface area contributed by atoms with Crippen LogP contribution < -0.4 is 29.4 Å². The second-order valence-corrected chi connectivity index (χ2v) is 2.68. The summed E-state index contributed by atoms with van der Waals surface area (Å²) in [6.45, 7) is 0. The van der Waals surface area contributed by atoms with E-state index < -0.39 is 15.6 Å². The van der Waals surface area contributed by atoms with Gasteiger partial charge in [0.1, 0.15) is 0 Å². The molecule has 0 saturated carbocycles. The predicted molar refractivity (Wildman–Crippen MR) is 79.6 cm³/mol. The Bertz CT molecular complexity index is 153. The van der Waals surface area contributed by atoms with Crippen LogP contribution in [0.3, 0.4) is 0 Å². The zero-order valence-corrected chi connectivity index (χ0v) is 12.3. The van der Waals surface area contributed by atoms with Crippen molar-refractivity contribution in [2.75, 3.05) is 0 Å². The molecule has 0 saturated heterocycles. The van der Waals surface area contributed by atoms with Gasteiger partial charge in [0, 0.05) is 0 Å². The SMILES string of the molecule is O=P([O-])([O-])[O-].O=P([O-])([O-])[O-].[CaH2].[CaH2].[CaH2].[Mg+2].[Mg+2].[Mg+2].[NaH].[NaH].[NaH]. The van der Waals surface area contributed by atoms with Gasteiger partial charge in [-0.25, -0.2) is 0 Å². The van der Waals surface area contributed by atoms with Crippen molar-refractivity contribution in [3.8, 4) is 0 Å². The fraction of sp³-hybridized carbons (Fsp3) is 0. The molecule has 0 N–H and O–H groups in total. The molecule has 0 aliphatic rings. The van der Waals surface area contributed by atoms with Gasteiger partial charge in [-0.05, 0) is 0 Å². The molecule has 8 nitrogen and oxygen atoms in total. The summed E-state index contributed by atoms with van der Waals surface area (Å²) in [5, 5.41) is 0. The Kier molecular flexibility index (Phi) is 154. The van der Waals surface area contributed by atoms with Crippen LogP contribution in [0.4, 0.5) is 0 Å². The average molecular weight is 461 g/mol. The predicted octanol–water partition coefficient (Wildman–Crippen LogP) is -11.5. The van der Waals surface area contributed by atoms with E-state index >= 15 is 0 Å². The van der Waals surface area contributed by atoms with Gasteiger partial charge in [-0.3, -0.25) is 0 Å². The van der Waals surface area contributed by atoms with Gasteiger partial charge in [0.25, 0.3) is 0 Å². The standard InChI is InChI=1S/3Ca.3Mg.3Na.2H3O4P.9H/c;;;;;;;;;2*1-5(2,3)4;;;;;;;;;/h;;;;;;;;;2*(H3,1,2,3,4);;;;;;;;;/q;;;3*+2;;;;;;;;;;;;;;/p-6. The van der Waals surface area contributed by atoms with Gasteiger partial charge in [-0.1, -0.05) is 0 Å². The number of rotatable bonds is 0. The number of hydrogen-bond donors (Lipinski definition) is 0. The van der Waals surface area contributed by atoms with Crippen molar-refractivity contribution in [2.45, 2.75) is 0 Å². The minimum absolute atomic E-state index is 0. The molecular weight excluding hydrogens is 452 g/mol. The Labute approximate surface area is 316 Å². The molecule has 0 aliphatic heterocycles. The quantitative estimate of drug-likeness (QED) is 0.253. The van der Waals surface area contributed by atoms with Crippen LogP contribution in [0.25, 0.3) is 0 Å². The number of phosphoric acid groups is 2. The van der Waals surface area contributed by atoms with Gasteiger partial charge in [0.05, 0.1) is 0 Å². The summed E-state index contributed by atoms with van der Waals surface area (Å²) in [5.41, 5.74) is 0. The van der Waals surface area contributed by atoms with Crippen molar-refractivity contribution >= 4 is 287 Å². The molecule has 0 aromatic rings. The summed E-state index contributed by atoms with van der Waals surface area (Å²) in [4.78, 5) is 51.3. The van der Waals surface area contributed by atoms with Crippen LogP contribution >= 0.6 is 15.6 Å². The Hall–Kier alpha value is 9.30. The second kappa shape index (κ2) is 41.6. The zero-order chi connectivity index (χ0) is 9.00. The maximum atomic E-state index is 8.55. The molecule has 0 aliphatic carbocycles. The van der Waals surface area contributed by atoms with Crippen LogP contribution in [0.5, 0.6) is 0 Å². The van der Waals surface area contributed by atoms with Crippen LogP contribution in [0, 0.1) is 0 Å². The zero-order valence-electron chi connectivity index (χ0n) is 6.28. The van der Waals surface area contributed by atoms with Gasteiger partial charge in [-0.15, -0.1) is 0 Å². The molecule has 0 unspecified atom stereocenters. The third-order valence-corrected chi connectivity index (χ3v) is 0. The molecule has 0 bridgehead atoms. The summed E-state index contributed by atoms with van der Waals surface area (Å²) in [6.07, 6.45) is 0. The fourth-order valence-corrected chi connectivity index (χ4v) is 0. The van der Waals surface area contributed by atoms with Gasteiger partial charge in [0.15, 0.2) is 0 Å². The van der Waals surface area contributed by atoms with E-state index in [1.165, 1.54) is 0 Å². The van der Waals surface area contributed by atoms with Crippen molar-refractivity contribution in [2.24, 2.45) is 0 Å². The van der Waals surface area contributed by atoms with Crippen molar-refractivity contribution in [3.05, 3.63) is 0 Å². The van der Waals surface area contributed by atoms with E-state index in [4.69, 9.17) is 38.5 Å². The molecule has 0 radical (unpaired) electrons. The van der Waals surface area contributed by atoms with Gasteiger partial charge < -0.3 is 38.5 Å². The van der Waals surface area contributed by atoms with E-state index in [0.29, 0.717) is 0 Å². The Morgan fingerprint density at radius 2 is 0.474 bits per heavy atom. The minimum atomic E-state index is -5.39. The van der Waals surface area contributed by atoms with E-state index in [9.17, 15) is 0 Å². The van der Waals surface area contributed by atoms with E-state index in [2.05, 4.69) is 0 Å². The Morgan fingerprint density at radius 1 is 0.474 bits per heavy atom. The number of hydrogen-bond acceptors (Lipinski definition) is 8. The normalized spacial score (nSPS) is 6.21. The van der Waals surface area contributed by atoms with Crippen LogP contribution in [-0.2, 0) is 9.13 Å². The van der Waals surface area contributed by atoms with Gasteiger partial charge in [0.2, 0.25) is 0 Å². The Morgan fingerprint density at radius 3 is 0.474 bits per heavy atom. The molecule has 19 heavy (non-hydrogen) atoms. The van der Waals surface area contributed by atoms with Crippen LogP contribution in [0.15, 0.2) is 0 Å². The molecule has 0 aromatic heterocycles. The summed E-state index contributed by atoms with van der Waals surface area (Å²) in [6, 6.07) is 0. The monoisotopic (exact) mass is 460 g/mol. The molecule has 0 fully saturated rings.